The van der Waals surface area contributed by atoms with Gasteiger partial charge in [0.15, 0.2) is 6.19 Å². The lowest BCUT2D eigenvalue weighted by molar-refractivity contribution is -0.385. The Kier molecular flexibility index (Phi) is 5.11. The maximum atomic E-state index is 12.3. The molecule has 0 aromatic heterocycles. The number of aliphatic imine (C=N–C) groups is 1. The number of carbonyl (C=O) groups is 1. The molecule has 1 aliphatic heterocycles. The predicted molar refractivity (Wildman–Crippen MR) is 84.5 cm³/mol. The number of nitrogens with zero attached hydrogens (tertiary/aromatic N) is 3. The smallest absolute Gasteiger partial charge is 0.338 e. The van der Waals surface area contributed by atoms with Crippen molar-refractivity contribution in [2.75, 3.05) is 6.61 Å². The number of allylic oxidation sites excluding steroid dienone is 1. The Hall–Kier alpha value is -3.41. The molecule has 1 aromatic carbocycles. The number of nitro benzene ring substituents is 1. The van der Waals surface area contributed by atoms with E-state index in [4.69, 9.17) is 10.00 Å². The summed E-state index contributed by atoms with van der Waals surface area (Å²) in [4.78, 5) is 27.3. The highest BCUT2D eigenvalue weighted by Crippen LogP contribution is 2.36. The number of benzene rings is 1. The van der Waals surface area contributed by atoms with Crippen LogP contribution in [0.3, 0.4) is 0 Å². The quantitative estimate of drug-likeness (QED) is 0.281. The second-order valence-electron chi connectivity index (χ2n) is 4.82. The highest BCUT2D eigenvalue weighted by atomic mass is 16.6. The van der Waals surface area contributed by atoms with Crippen molar-refractivity contribution in [3.63, 3.8) is 0 Å². The zero-order valence-electron chi connectivity index (χ0n) is 13.1. The van der Waals surface area contributed by atoms with Gasteiger partial charge in [-0.15, -0.1) is 0 Å². The SMILES string of the molecule is CCOC(=O)C1=C(C)NC(NC#N)=N[C@@H]1c1ccccc1[N+](=O)[O-]. The first-order valence-corrected chi connectivity index (χ1v) is 7.10. The molecule has 2 N–H and O–H groups in total. The fraction of sp³-hybridized carbons (Fsp3) is 0.267. The Balaban J connectivity index is 2.59. The monoisotopic (exact) mass is 329 g/mol. The third kappa shape index (κ3) is 3.33. The lowest BCUT2D eigenvalue weighted by Crippen LogP contribution is -2.39. The van der Waals surface area contributed by atoms with Crippen molar-refractivity contribution in [3.8, 4) is 6.19 Å². The highest BCUT2D eigenvalue weighted by Gasteiger charge is 2.34. The minimum atomic E-state index is -0.956. The van der Waals surface area contributed by atoms with Crippen molar-refractivity contribution in [1.29, 1.82) is 5.26 Å². The molecule has 0 aliphatic carbocycles. The number of esters is 1. The molecule has 0 saturated heterocycles. The highest BCUT2D eigenvalue weighted by molar-refractivity contribution is 5.95. The van der Waals surface area contributed by atoms with E-state index in [1.807, 2.05) is 0 Å². The van der Waals surface area contributed by atoms with Crippen LogP contribution in [0.25, 0.3) is 0 Å². The molecule has 1 atom stereocenters. The molecule has 0 bridgehead atoms. The Morgan fingerprint density at radius 1 is 1.54 bits per heavy atom. The van der Waals surface area contributed by atoms with Gasteiger partial charge in [-0.1, -0.05) is 12.1 Å². The Bertz CT molecular complexity index is 778. The van der Waals surface area contributed by atoms with Crippen LogP contribution in [0.5, 0.6) is 0 Å². The van der Waals surface area contributed by atoms with Crippen LogP contribution in [0.1, 0.15) is 25.5 Å². The van der Waals surface area contributed by atoms with Crippen LogP contribution in [0, 0.1) is 21.6 Å². The van der Waals surface area contributed by atoms with Crippen molar-refractivity contribution >= 4 is 17.6 Å². The topological polar surface area (TPSA) is 130 Å². The molecule has 0 saturated carbocycles. The van der Waals surface area contributed by atoms with Crippen molar-refractivity contribution in [1.82, 2.24) is 10.6 Å². The number of hydrogen-bond acceptors (Lipinski definition) is 8. The fourth-order valence-corrected chi connectivity index (χ4v) is 2.38. The molecular weight excluding hydrogens is 314 g/mol. The number of rotatable bonds is 4. The van der Waals surface area contributed by atoms with Gasteiger partial charge in [0.1, 0.15) is 6.04 Å². The van der Waals surface area contributed by atoms with Crippen LogP contribution in [-0.4, -0.2) is 23.5 Å². The molecule has 1 aliphatic rings. The van der Waals surface area contributed by atoms with E-state index in [0.29, 0.717) is 5.70 Å². The van der Waals surface area contributed by atoms with Crippen molar-refractivity contribution < 1.29 is 14.5 Å². The van der Waals surface area contributed by atoms with Crippen LogP contribution >= 0.6 is 0 Å². The van der Waals surface area contributed by atoms with Gasteiger partial charge in [0, 0.05) is 11.8 Å². The maximum absolute atomic E-state index is 12.3. The number of hydrogen-bond donors (Lipinski definition) is 2. The van der Waals surface area contributed by atoms with Gasteiger partial charge in [0.05, 0.1) is 22.7 Å². The predicted octanol–water partition coefficient (Wildman–Crippen LogP) is 1.50. The lowest BCUT2D eigenvalue weighted by Gasteiger charge is -2.25. The Labute approximate surface area is 137 Å². The number of para-hydroxylation sites is 1. The molecule has 1 aromatic rings. The molecule has 0 unspecified atom stereocenters. The molecule has 124 valence electrons. The fourth-order valence-electron chi connectivity index (χ4n) is 2.38. The maximum Gasteiger partial charge on any atom is 0.338 e. The number of carbonyl (C=O) groups excluding carboxylic acids is 1. The first-order chi connectivity index (χ1) is 11.5. The summed E-state index contributed by atoms with van der Waals surface area (Å²) in [6.45, 7) is 3.43. The normalized spacial score (nSPS) is 16.5. The number of guanidine groups is 1. The molecule has 0 fully saturated rings. The number of nitro groups is 1. The van der Waals surface area contributed by atoms with E-state index < -0.39 is 16.9 Å². The van der Waals surface area contributed by atoms with Crippen LogP contribution in [0.4, 0.5) is 5.69 Å². The Morgan fingerprint density at radius 2 is 2.25 bits per heavy atom. The second-order valence-corrected chi connectivity index (χ2v) is 4.82. The van der Waals surface area contributed by atoms with Crippen molar-refractivity contribution in [3.05, 3.63) is 51.2 Å². The molecule has 0 spiro atoms. The van der Waals surface area contributed by atoms with Crippen LogP contribution < -0.4 is 10.6 Å². The van der Waals surface area contributed by atoms with E-state index in [2.05, 4.69) is 15.6 Å². The zero-order valence-corrected chi connectivity index (χ0v) is 13.1. The third-order valence-electron chi connectivity index (χ3n) is 3.34. The molecule has 2 rings (SSSR count). The Morgan fingerprint density at radius 3 is 2.88 bits per heavy atom. The largest absolute Gasteiger partial charge is 0.463 e. The number of nitrogens with one attached hydrogen (secondary N) is 2. The van der Waals surface area contributed by atoms with Gasteiger partial charge in [0.25, 0.3) is 5.69 Å². The van der Waals surface area contributed by atoms with E-state index in [0.717, 1.165) is 0 Å². The minimum absolute atomic E-state index is 0.103. The summed E-state index contributed by atoms with van der Waals surface area (Å²) in [6, 6.07) is 5.05. The molecule has 0 radical (unpaired) electrons. The summed E-state index contributed by atoms with van der Waals surface area (Å²) in [6.07, 6.45) is 1.72. The van der Waals surface area contributed by atoms with E-state index in [1.165, 1.54) is 18.2 Å². The van der Waals surface area contributed by atoms with Gasteiger partial charge >= 0.3 is 5.97 Å². The first kappa shape index (κ1) is 17.0. The average molecular weight is 329 g/mol. The van der Waals surface area contributed by atoms with Crippen LogP contribution in [-0.2, 0) is 9.53 Å². The van der Waals surface area contributed by atoms with E-state index in [9.17, 15) is 14.9 Å². The molecule has 24 heavy (non-hydrogen) atoms. The van der Waals surface area contributed by atoms with Gasteiger partial charge in [-0.3, -0.25) is 15.4 Å². The molecule has 9 heteroatoms. The van der Waals surface area contributed by atoms with Gasteiger partial charge in [-0.25, -0.2) is 9.79 Å². The van der Waals surface area contributed by atoms with Crippen molar-refractivity contribution in [2.24, 2.45) is 4.99 Å². The standard InChI is InChI=1S/C15H15N5O4/c1-3-24-14(21)12-9(2)18-15(17-8-16)19-13(12)10-6-4-5-7-11(10)20(22)23/h4-7,13H,3H2,1-2H3,(H2,17,18,19)/t13-/m1/s1. The summed E-state index contributed by atoms with van der Waals surface area (Å²) < 4.78 is 5.04. The third-order valence-corrected chi connectivity index (χ3v) is 3.34. The number of nitriles is 1. The zero-order chi connectivity index (χ0) is 17.7. The summed E-state index contributed by atoms with van der Waals surface area (Å²) in [5.41, 5.74) is 0.640. The van der Waals surface area contributed by atoms with Crippen LogP contribution in [0.2, 0.25) is 0 Å². The van der Waals surface area contributed by atoms with Crippen LogP contribution in [0.15, 0.2) is 40.5 Å². The van der Waals surface area contributed by atoms with Gasteiger partial charge < -0.3 is 10.1 Å². The van der Waals surface area contributed by atoms with Gasteiger partial charge in [-0.05, 0) is 19.9 Å². The summed E-state index contributed by atoms with van der Waals surface area (Å²) in [7, 11) is 0. The molecule has 0 amide bonds. The summed E-state index contributed by atoms with van der Waals surface area (Å²) in [5, 5.41) is 25.2. The average Bonchev–Trinajstić information content (AvgIpc) is 2.54. The van der Waals surface area contributed by atoms with E-state index >= 15 is 0 Å². The second kappa shape index (κ2) is 7.23. The molecule has 9 nitrogen and oxygen atoms in total. The molecular formula is C15H15N5O4. The lowest BCUT2D eigenvalue weighted by atomic mass is 9.95. The van der Waals surface area contributed by atoms with Gasteiger partial charge in [-0.2, -0.15) is 5.26 Å². The molecule has 1 heterocycles. The van der Waals surface area contributed by atoms with Crippen molar-refractivity contribution in [2.45, 2.75) is 19.9 Å². The minimum Gasteiger partial charge on any atom is -0.463 e. The van der Waals surface area contributed by atoms with E-state index in [-0.39, 0.29) is 29.4 Å². The van der Waals surface area contributed by atoms with E-state index in [1.54, 1.807) is 26.1 Å². The summed E-state index contributed by atoms with van der Waals surface area (Å²) in [5.74, 6) is -0.517. The van der Waals surface area contributed by atoms with Gasteiger partial charge in [0.2, 0.25) is 5.96 Å². The summed E-state index contributed by atoms with van der Waals surface area (Å²) >= 11 is 0. The number of ether oxygens (including phenoxy) is 1. The first-order valence-electron chi connectivity index (χ1n) is 7.10.